The van der Waals surface area contributed by atoms with E-state index < -0.39 is 97.5 Å². The fourth-order valence-corrected chi connectivity index (χ4v) is 11.3. The molecule has 0 aliphatic heterocycles. The quantitative estimate of drug-likeness (QED) is 0.0169. The number of aliphatic hydroxyl groups excluding tert-OH is 1. The zero-order valence-corrected chi connectivity index (χ0v) is 65.0. The molecule has 0 aromatic heterocycles. The molecule has 5 unspecified atom stereocenters. The number of allylic oxidation sites excluding steroid dienone is 26. The Kier molecular flexibility index (Phi) is 70.1. The van der Waals surface area contributed by atoms with E-state index in [2.05, 4.69) is 167 Å². The molecule has 580 valence electrons. The highest BCUT2D eigenvalue weighted by molar-refractivity contribution is 7.47. The number of carbonyl (C=O) groups excluding carboxylic acids is 4. The molecule has 0 heterocycles. The number of phosphoric ester groups is 2. The van der Waals surface area contributed by atoms with E-state index in [1.165, 1.54) is 25.7 Å². The molecule has 5 atom stereocenters. The van der Waals surface area contributed by atoms with Crippen molar-refractivity contribution in [1.29, 1.82) is 0 Å². The van der Waals surface area contributed by atoms with Crippen LogP contribution in [0.25, 0.3) is 0 Å². The lowest BCUT2D eigenvalue weighted by Gasteiger charge is -2.21. The zero-order valence-electron chi connectivity index (χ0n) is 63.2. The molecule has 17 nitrogen and oxygen atoms in total. The number of ether oxygens (including phenoxy) is 4. The molecule has 0 saturated heterocycles. The second-order valence-corrected chi connectivity index (χ2v) is 28.1. The molecular weight excluding hydrogens is 1330 g/mol. The largest absolute Gasteiger partial charge is 0.472 e. The molecule has 0 radical (unpaired) electrons. The molecule has 0 aliphatic carbocycles. The highest BCUT2D eigenvalue weighted by atomic mass is 31.2. The summed E-state index contributed by atoms with van der Waals surface area (Å²) >= 11 is 0. The van der Waals surface area contributed by atoms with Crippen molar-refractivity contribution in [2.45, 2.75) is 303 Å². The molecule has 19 heteroatoms. The van der Waals surface area contributed by atoms with E-state index in [9.17, 15) is 43.2 Å². The molecule has 0 rings (SSSR count). The molecule has 0 saturated carbocycles. The monoisotopic (exact) mass is 1470 g/mol. The summed E-state index contributed by atoms with van der Waals surface area (Å²) in [6.07, 6.45) is 85.3. The van der Waals surface area contributed by atoms with Crippen LogP contribution in [-0.4, -0.2) is 96.7 Å². The number of carbonyl (C=O) groups is 4. The second-order valence-electron chi connectivity index (χ2n) is 25.1. The van der Waals surface area contributed by atoms with Crippen LogP contribution in [-0.2, 0) is 65.4 Å². The van der Waals surface area contributed by atoms with Gasteiger partial charge in [0.25, 0.3) is 0 Å². The smallest absolute Gasteiger partial charge is 0.462 e. The molecule has 0 bridgehead atoms. The van der Waals surface area contributed by atoms with Gasteiger partial charge in [-0.3, -0.25) is 37.3 Å². The first kappa shape index (κ1) is 96.7. The molecule has 0 aliphatic rings. The van der Waals surface area contributed by atoms with Crippen LogP contribution in [0.2, 0.25) is 0 Å². The van der Waals surface area contributed by atoms with Crippen LogP contribution in [0.4, 0.5) is 0 Å². The predicted octanol–water partition coefficient (Wildman–Crippen LogP) is 22.4. The Morgan fingerprint density at radius 2 is 0.529 bits per heavy atom. The average molecular weight is 1470 g/mol. The molecule has 0 spiro atoms. The van der Waals surface area contributed by atoms with Crippen LogP contribution in [0.15, 0.2) is 158 Å². The lowest BCUT2D eigenvalue weighted by atomic mass is 10.1. The fourth-order valence-electron chi connectivity index (χ4n) is 9.68. The van der Waals surface area contributed by atoms with E-state index in [0.717, 1.165) is 173 Å². The zero-order chi connectivity index (χ0) is 74.6. The van der Waals surface area contributed by atoms with Crippen molar-refractivity contribution in [1.82, 2.24) is 0 Å². The third kappa shape index (κ3) is 73.0. The van der Waals surface area contributed by atoms with Gasteiger partial charge >= 0.3 is 39.5 Å². The van der Waals surface area contributed by atoms with Gasteiger partial charge in [-0.25, -0.2) is 9.13 Å². The van der Waals surface area contributed by atoms with E-state index in [1.807, 2.05) is 18.2 Å². The second kappa shape index (κ2) is 74.0. The summed E-state index contributed by atoms with van der Waals surface area (Å²) in [7, 11) is -10.00. The van der Waals surface area contributed by atoms with Crippen LogP contribution < -0.4 is 0 Å². The van der Waals surface area contributed by atoms with Gasteiger partial charge in [-0.1, -0.05) is 263 Å². The first-order chi connectivity index (χ1) is 49.7. The molecule has 3 N–H and O–H groups in total. The number of hydrogen-bond acceptors (Lipinski definition) is 15. The molecule has 0 aromatic rings. The number of rotatable bonds is 71. The number of unbranched alkanes of at least 4 members (excludes halogenated alkanes) is 19. The van der Waals surface area contributed by atoms with E-state index in [0.29, 0.717) is 32.1 Å². The molecule has 102 heavy (non-hydrogen) atoms. The summed E-state index contributed by atoms with van der Waals surface area (Å²) in [5.74, 6) is -2.33. The van der Waals surface area contributed by atoms with Gasteiger partial charge in [-0.05, 0) is 154 Å². The van der Waals surface area contributed by atoms with Crippen molar-refractivity contribution >= 4 is 39.5 Å². The summed E-state index contributed by atoms with van der Waals surface area (Å²) in [6.45, 7) is 4.37. The van der Waals surface area contributed by atoms with Gasteiger partial charge in [0.1, 0.15) is 19.3 Å². The van der Waals surface area contributed by atoms with Gasteiger partial charge in [-0.2, -0.15) is 0 Å². The lowest BCUT2D eigenvalue weighted by molar-refractivity contribution is -0.161. The Morgan fingerprint density at radius 1 is 0.284 bits per heavy atom. The molecule has 0 fully saturated rings. The normalized spacial score (nSPS) is 14.8. The third-order valence-corrected chi connectivity index (χ3v) is 17.4. The summed E-state index contributed by atoms with van der Waals surface area (Å²) < 4.78 is 68.4. The van der Waals surface area contributed by atoms with Crippen molar-refractivity contribution in [2.24, 2.45) is 0 Å². The van der Waals surface area contributed by atoms with Crippen molar-refractivity contribution in [3.63, 3.8) is 0 Å². The van der Waals surface area contributed by atoms with Gasteiger partial charge in [0.05, 0.1) is 26.4 Å². The summed E-state index contributed by atoms with van der Waals surface area (Å²) in [5, 5.41) is 10.6. The van der Waals surface area contributed by atoms with Crippen LogP contribution >= 0.6 is 15.6 Å². The lowest BCUT2D eigenvalue weighted by Crippen LogP contribution is -2.30. The Morgan fingerprint density at radius 3 is 0.853 bits per heavy atom. The highest BCUT2D eigenvalue weighted by Gasteiger charge is 2.30. The van der Waals surface area contributed by atoms with Gasteiger partial charge in [0.15, 0.2) is 12.2 Å². The number of phosphoric acid groups is 2. The fraction of sp³-hybridized carbons (Fsp3) is 0.639. The molecule has 0 aromatic carbocycles. The minimum Gasteiger partial charge on any atom is -0.462 e. The number of esters is 4. The van der Waals surface area contributed by atoms with E-state index >= 15 is 0 Å². The predicted molar refractivity (Wildman–Crippen MR) is 417 cm³/mol. The number of aliphatic hydroxyl groups is 1. The standard InChI is InChI=1S/C83H136O17P2/c1-5-9-13-17-21-25-29-33-36-37-38-39-42-45-48-52-56-60-64-68-81(86)94-73-78(99-82(87)69-65-61-57-53-49-43-32-28-24-20-16-12-8-4)75-97-101(89,90)95-71-77(84)72-96-102(91,92)98-76-79(100-83(88)70-66-62-58-54-50-46-41-35-31-27-23-19-15-11-7-3)74-93-80(85)67-63-59-55-51-47-44-40-34-30-26-22-18-14-10-6-2/h9-11,13-15,21-23,25-28,32-36,38-41,45,48,56,60,77-79,84H,5-8,12,16-20,24,29-31,37,42-44,46-47,49-55,57-59,61-76H2,1-4H3,(H,89,90)(H,91,92)/b13-9-,14-10-,15-11-,25-21-,26-22-,27-23-,32-28-,36-33-,39-38-,40-34-,41-35-,48-45-,60-56-. The van der Waals surface area contributed by atoms with Crippen LogP contribution in [0.3, 0.4) is 0 Å². The SMILES string of the molecule is CC/C=C\C/C=C\C/C=C\C/C=C\C/C=C\C/C=C\CCC(=O)OCC(COP(=O)(O)OCC(O)COP(=O)(O)OCC(COC(=O)CCCCCCC/C=C\C/C=C\C/C=C\CC)OC(=O)CCCCCCC/C=C\C/C=C\C/C=C\CC)OC(=O)CCCCCCC/C=C\CCCCCC. The van der Waals surface area contributed by atoms with Crippen molar-refractivity contribution in [2.75, 3.05) is 39.6 Å². The minimum absolute atomic E-state index is 0.0299. The van der Waals surface area contributed by atoms with Crippen molar-refractivity contribution < 1.29 is 80.2 Å². The van der Waals surface area contributed by atoms with E-state index in [-0.39, 0.29) is 25.7 Å². The van der Waals surface area contributed by atoms with Crippen molar-refractivity contribution in [3.8, 4) is 0 Å². The maximum atomic E-state index is 13.1. The Labute approximate surface area is 617 Å². The molecule has 0 amide bonds. The summed E-state index contributed by atoms with van der Waals surface area (Å²) in [6, 6.07) is 0. The van der Waals surface area contributed by atoms with Crippen LogP contribution in [0, 0.1) is 0 Å². The maximum absolute atomic E-state index is 13.1. The summed E-state index contributed by atoms with van der Waals surface area (Å²) in [5.41, 5.74) is 0. The van der Waals surface area contributed by atoms with Crippen LogP contribution in [0.5, 0.6) is 0 Å². The van der Waals surface area contributed by atoms with E-state index in [4.69, 9.17) is 37.0 Å². The maximum Gasteiger partial charge on any atom is 0.472 e. The third-order valence-electron chi connectivity index (χ3n) is 15.5. The first-order valence-corrected chi connectivity index (χ1v) is 41.7. The van der Waals surface area contributed by atoms with Gasteiger partial charge in [0, 0.05) is 25.7 Å². The Bertz CT molecular complexity index is 2550. The molecular formula is C83H136O17P2. The highest BCUT2D eigenvalue weighted by Crippen LogP contribution is 2.45. The first-order valence-electron chi connectivity index (χ1n) is 38.7. The van der Waals surface area contributed by atoms with Crippen molar-refractivity contribution in [3.05, 3.63) is 158 Å². The van der Waals surface area contributed by atoms with Gasteiger partial charge in [-0.15, -0.1) is 0 Å². The Hall–Kier alpha value is -5.32. The van der Waals surface area contributed by atoms with Gasteiger partial charge in [0.2, 0.25) is 0 Å². The topological polar surface area (TPSA) is 237 Å². The minimum atomic E-state index is -5.00. The van der Waals surface area contributed by atoms with Crippen LogP contribution in [0.1, 0.15) is 285 Å². The number of hydrogen-bond donors (Lipinski definition) is 3. The van der Waals surface area contributed by atoms with E-state index in [1.54, 1.807) is 0 Å². The Balaban J connectivity index is 5.45. The van der Waals surface area contributed by atoms with Gasteiger partial charge < -0.3 is 33.8 Å². The summed E-state index contributed by atoms with van der Waals surface area (Å²) in [4.78, 5) is 72.9. The average Bonchev–Trinajstić information content (AvgIpc) is 0.908.